The van der Waals surface area contributed by atoms with Crippen LogP contribution in [0.1, 0.15) is 16.1 Å². The van der Waals surface area contributed by atoms with Gasteiger partial charge in [0.1, 0.15) is 5.02 Å². The number of pyridine rings is 1. The molecule has 0 aliphatic rings. The number of carboxylic acids is 1. The fraction of sp³-hybridized carbons (Fsp3) is 0.250. The van der Waals surface area contributed by atoms with E-state index in [0.717, 1.165) is 0 Å². The van der Waals surface area contributed by atoms with Gasteiger partial charge < -0.3 is 9.84 Å². The molecular formula is C8H8ClNO3. The summed E-state index contributed by atoms with van der Waals surface area (Å²) in [5, 5.41) is 8.77. The quantitative estimate of drug-likeness (QED) is 0.792. The Kier molecular flexibility index (Phi) is 2.72. The predicted octanol–water partition coefficient (Wildman–Crippen LogP) is 1.75. The highest BCUT2D eigenvalue weighted by atomic mass is 35.5. The summed E-state index contributed by atoms with van der Waals surface area (Å²) in [7, 11) is 1.39. The minimum Gasteiger partial charge on any atom is -0.480 e. The van der Waals surface area contributed by atoms with Gasteiger partial charge in [0.15, 0.2) is 0 Å². The van der Waals surface area contributed by atoms with E-state index in [1.54, 1.807) is 6.92 Å². The smallest absolute Gasteiger partial charge is 0.337 e. The van der Waals surface area contributed by atoms with Crippen LogP contribution >= 0.6 is 11.6 Å². The molecule has 1 rings (SSSR count). The molecule has 0 saturated carbocycles. The summed E-state index contributed by atoms with van der Waals surface area (Å²) in [6.45, 7) is 1.67. The fourth-order valence-electron chi connectivity index (χ4n) is 0.920. The lowest BCUT2D eigenvalue weighted by molar-refractivity contribution is 0.0696. The molecule has 70 valence electrons. The van der Waals surface area contributed by atoms with Crippen LogP contribution in [0.4, 0.5) is 0 Å². The average molecular weight is 202 g/mol. The first-order valence-corrected chi connectivity index (χ1v) is 3.88. The van der Waals surface area contributed by atoms with Gasteiger partial charge in [0.2, 0.25) is 5.88 Å². The lowest BCUT2D eigenvalue weighted by Crippen LogP contribution is -2.02. The van der Waals surface area contributed by atoms with Crippen molar-refractivity contribution in [2.24, 2.45) is 0 Å². The Labute approximate surface area is 80.1 Å². The van der Waals surface area contributed by atoms with Gasteiger partial charge in [0.05, 0.1) is 12.7 Å². The van der Waals surface area contributed by atoms with E-state index < -0.39 is 5.97 Å². The summed E-state index contributed by atoms with van der Waals surface area (Å²) in [5.74, 6) is -0.951. The normalized spacial score (nSPS) is 9.77. The second-order valence-electron chi connectivity index (χ2n) is 2.44. The van der Waals surface area contributed by atoms with Crippen molar-refractivity contribution in [2.75, 3.05) is 7.11 Å². The lowest BCUT2D eigenvalue weighted by atomic mass is 10.2. The van der Waals surface area contributed by atoms with Gasteiger partial charge in [-0.25, -0.2) is 9.78 Å². The molecule has 5 heteroatoms. The first kappa shape index (κ1) is 9.80. The number of aryl methyl sites for hydroxylation is 1. The number of aromatic carboxylic acids is 1. The standard InChI is InChI=1S/C8H8ClNO3/c1-4-3-5(8(11)12)6(9)7(10-4)13-2/h3H,1-2H3,(H,11,12). The van der Waals surface area contributed by atoms with Crippen molar-refractivity contribution in [3.05, 3.63) is 22.3 Å². The third kappa shape index (κ3) is 1.89. The molecule has 1 aromatic heterocycles. The van der Waals surface area contributed by atoms with E-state index in [4.69, 9.17) is 21.4 Å². The first-order chi connectivity index (χ1) is 6.06. The molecule has 0 fully saturated rings. The van der Waals surface area contributed by atoms with Gasteiger partial charge in [0.25, 0.3) is 0 Å². The zero-order chi connectivity index (χ0) is 10.0. The van der Waals surface area contributed by atoms with Gasteiger partial charge in [-0.15, -0.1) is 0 Å². The van der Waals surface area contributed by atoms with Gasteiger partial charge in [-0.05, 0) is 13.0 Å². The summed E-state index contributed by atoms with van der Waals surface area (Å²) in [5.41, 5.74) is 0.560. The molecule has 1 N–H and O–H groups in total. The summed E-state index contributed by atoms with van der Waals surface area (Å²) >= 11 is 5.71. The Morgan fingerprint density at radius 2 is 2.31 bits per heavy atom. The number of aromatic nitrogens is 1. The molecule has 0 radical (unpaired) electrons. The highest BCUT2D eigenvalue weighted by Crippen LogP contribution is 2.26. The molecule has 0 aromatic carbocycles. The van der Waals surface area contributed by atoms with Crippen LogP contribution in [0.25, 0.3) is 0 Å². The minimum atomic E-state index is -1.09. The van der Waals surface area contributed by atoms with Crippen LogP contribution in [0.2, 0.25) is 5.02 Å². The van der Waals surface area contributed by atoms with E-state index in [2.05, 4.69) is 4.98 Å². The maximum Gasteiger partial charge on any atom is 0.337 e. The topological polar surface area (TPSA) is 59.4 Å². The summed E-state index contributed by atoms with van der Waals surface area (Å²) in [6.07, 6.45) is 0. The van der Waals surface area contributed by atoms with Crippen molar-refractivity contribution in [1.82, 2.24) is 4.98 Å². The van der Waals surface area contributed by atoms with Gasteiger partial charge in [-0.1, -0.05) is 11.6 Å². The molecule has 1 aromatic rings. The molecule has 0 bridgehead atoms. The van der Waals surface area contributed by atoms with E-state index in [-0.39, 0.29) is 16.5 Å². The van der Waals surface area contributed by atoms with Crippen LogP contribution in [-0.4, -0.2) is 23.2 Å². The number of nitrogens with zero attached hydrogens (tertiary/aromatic N) is 1. The number of hydrogen-bond donors (Lipinski definition) is 1. The van der Waals surface area contributed by atoms with Gasteiger partial charge in [0, 0.05) is 5.69 Å². The highest BCUT2D eigenvalue weighted by Gasteiger charge is 2.14. The summed E-state index contributed by atoms with van der Waals surface area (Å²) in [4.78, 5) is 14.6. The van der Waals surface area contributed by atoms with Gasteiger partial charge >= 0.3 is 5.97 Å². The molecule has 0 aliphatic heterocycles. The van der Waals surface area contributed by atoms with Crippen molar-refractivity contribution in [2.45, 2.75) is 6.92 Å². The molecule has 0 amide bonds. The molecular weight excluding hydrogens is 194 g/mol. The highest BCUT2D eigenvalue weighted by molar-refractivity contribution is 6.34. The number of hydrogen-bond acceptors (Lipinski definition) is 3. The number of carboxylic acid groups (broad SMARTS) is 1. The molecule has 0 spiro atoms. The van der Waals surface area contributed by atoms with Crippen LogP contribution in [0.5, 0.6) is 5.88 Å². The van der Waals surface area contributed by atoms with Gasteiger partial charge in [-0.2, -0.15) is 0 Å². The Morgan fingerprint density at radius 3 is 2.77 bits per heavy atom. The largest absolute Gasteiger partial charge is 0.480 e. The third-order valence-corrected chi connectivity index (χ3v) is 1.84. The number of ether oxygens (including phenoxy) is 1. The Balaban J connectivity index is 3.35. The molecule has 0 atom stereocenters. The van der Waals surface area contributed by atoms with Crippen molar-refractivity contribution in [1.29, 1.82) is 0 Å². The second kappa shape index (κ2) is 3.62. The van der Waals surface area contributed by atoms with E-state index in [1.807, 2.05) is 0 Å². The van der Waals surface area contributed by atoms with Crippen LogP contribution in [0, 0.1) is 6.92 Å². The molecule has 1 heterocycles. The van der Waals surface area contributed by atoms with E-state index in [9.17, 15) is 4.79 Å². The molecule has 13 heavy (non-hydrogen) atoms. The number of rotatable bonds is 2. The molecule has 0 unspecified atom stereocenters. The van der Waals surface area contributed by atoms with Crippen LogP contribution < -0.4 is 4.74 Å². The van der Waals surface area contributed by atoms with Crippen LogP contribution in [0.3, 0.4) is 0 Å². The monoisotopic (exact) mass is 201 g/mol. The van der Waals surface area contributed by atoms with E-state index in [1.165, 1.54) is 13.2 Å². The van der Waals surface area contributed by atoms with Crippen LogP contribution in [0.15, 0.2) is 6.07 Å². The Hall–Kier alpha value is -1.29. The zero-order valence-corrected chi connectivity index (χ0v) is 7.92. The SMILES string of the molecule is COc1nc(C)cc(C(=O)O)c1Cl. The lowest BCUT2D eigenvalue weighted by Gasteiger charge is -2.05. The van der Waals surface area contributed by atoms with Gasteiger partial charge in [-0.3, -0.25) is 0 Å². The number of carbonyl (C=O) groups is 1. The Bertz CT molecular complexity index is 351. The summed E-state index contributed by atoms with van der Waals surface area (Å²) in [6, 6.07) is 1.40. The van der Waals surface area contributed by atoms with Crippen molar-refractivity contribution < 1.29 is 14.6 Å². The third-order valence-electron chi connectivity index (χ3n) is 1.48. The minimum absolute atomic E-state index is 0.00557. The van der Waals surface area contributed by atoms with E-state index >= 15 is 0 Å². The maximum atomic E-state index is 10.7. The second-order valence-corrected chi connectivity index (χ2v) is 2.82. The van der Waals surface area contributed by atoms with Crippen LogP contribution in [-0.2, 0) is 0 Å². The predicted molar refractivity (Wildman–Crippen MR) is 47.5 cm³/mol. The fourth-order valence-corrected chi connectivity index (χ4v) is 1.17. The molecule has 0 aliphatic carbocycles. The van der Waals surface area contributed by atoms with Crippen molar-refractivity contribution >= 4 is 17.6 Å². The van der Waals surface area contributed by atoms with E-state index in [0.29, 0.717) is 5.69 Å². The maximum absolute atomic E-state index is 10.7. The van der Waals surface area contributed by atoms with Crippen molar-refractivity contribution in [3.63, 3.8) is 0 Å². The number of halogens is 1. The van der Waals surface area contributed by atoms with Crippen molar-refractivity contribution in [3.8, 4) is 5.88 Å². The molecule has 0 saturated heterocycles. The average Bonchev–Trinajstić information content (AvgIpc) is 2.08. The molecule has 4 nitrogen and oxygen atoms in total. The first-order valence-electron chi connectivity index (χ1n) is 3.50. The summed E-state index contributed by atoms with van der Waals surface area (Å²) < 4.78 is 4.81. The number of methoxy groups -OCH3 is 1. The zero-order valence-electron chi connectivity index (χ0n) is 7.17. The Morgan fingerprint density at radius 1 is 1.69 bits per heavy atom.